The lowest BCUT2D eigenvalue weighted by molar-refractivity contribution is -0.175. The van der Waals surface area contributed by atoms with Crippen molar-refractivity contribution in [1.29, 1.82) is 0 Å². The Kier molecular flexibility index (Phi) is 7.59. The highest BCUT2D eigenvalue weighted by atomic mass is 16.6. The largest absolute Gasteiger partial charge is 0.453 e. The van der Waals surface area contributed by atoms with E-state index in [1.165, 1.54) is 24.5 Å². The molecule has 0 amide bonds. The summed E-state index contributed by atoms with van der Waals surface area (Å²) in [5.74, 6) is -1.15. The fourth-order valence-corrected chi connectivity index (χ4v) is 3.77. The summed E-state index contributed by atoms with van der Waals surface area (Å²) in [5, 5.41) is 56.3. The molecule has 2 aliphatic rings. The first kappa shape index (κ1) is 25.6. The van der Waals surface area contributed by atoms with Gasteiger partial charge in [0.25, 0.3) is 0 Å². The molecule has 36 heavy (non-hydrogen) atoms. The van der Waals surface area contributed by atoms with E-state index in [9.17, 15) is 39.9 Å². The second-order valence-electron chi connectivity index (χ2n) is 7.98. The molecule has 0 spiro atoms. The maximum Gasteiger partial charge on any atom is 0.346 e. The van der Waals surface area contributed by atoms with Crippen LogP contribution in [0.2, 0.25) is 0 Å². The molecule has 0 bridgehead atoms. The molecule has 17 heteroatoms. The summed E-state index contributed by atoms with van der Waals surface area (Å²) >= 11 is 0. The summed E-state index contributed by atoms with van der Waals surface area (Å²) in [4.78, 5) is 47.0. The van der Waals surface area contributed by atoms with E-state index in [0.717, 1.165) is 0 Å². The Bertz CT molecular complexity index is 1180. The maximum atomic E-state index is 12.7. The van der Waals surface area contributed by atoms with Crippen molar-refractivity contribution in [2.75, 3.05) is 17.2 Å². The zero-order valence-electron chi connectivity index (χ0n) is 18.3. The van der Waals surface area contributed by atoms with Crippen molar-refractivity contribution in [3.8, 4) is 0 Å². The molecule has 0 aromatic carbocycles. The molecular weight excluding hydrogens is 488 g/mol. The molecule has 0 radical (unpaired) electrons. The summed E-state index contributed by atoms with van der Waals surface area (Å²) in [6, 6.07) is 2.72. The van der Waals surface area contributed by atoms with Crippen LogP contribution in [0.3, 0.4) is 0 Å². The van der Waals surface area contributed by atoms with Crippen LogP contribution in [-0.4, -0.2) is 113 Å². The Hall–Kier alpha value is -3.45. The Balaban J connectivity index is 1.43. The van der Waals surface area contributed by atoms with Crippen LogP contribution in [0.1, 0.15) is 0 Å². The van der Waals surface area contributed by atoms with E-state index in [0.29, 0.717) is 0 Å². The van der Waals surface area contributed by atoms with Gasteiger partial charge in [-0.1, -0.05) is 0 Å². The Morgan fingerprint density at radius 3 is 2.11 bits per heavy atom. The number of hydrogen-bond acceptors (Lipinski definition) is 15. The number of carbonyl (C=O) groups is 1. The molecule has 0 saturated carbocycles. The van der Waals surface area contributed by atoms with Crippen LogP contribution in [0.25, 0.3) is 0 Å². The monoisotopic (exact) mass is 512 g/mol. The van der Waals surface area contributed by atoms with Gasteiger partial charge in [0.05, 0.1) is 6.61 Å². The highest BCUT2D eigenvalue weighted by Gasteiger charge is 2.51. The van der Waals surface area contributed by atoms with Gasteiger partial charge >= 0.3 is 17.3 Å². The number of esters is 1. The number of aliphatic hydroxyl groups excluding tert-OH is 5. The number of aromatic nitrogens is 4. The minimum absolute atomic E-state index is 0.0910. The summed E-state index contributed by atoms with van der Waals surface area (Å²) in [6.45, 7) is -0.635. The number of aliphatic hydroxyl groups is 5. The predicted molar refractivity (Wildman–Crippen MR) is 115 cm³/mol. The minimum Gasteiger partial charge on any atom is -0.453 e. The number of nitrogens with one attached hydrogen (secondary N) is 4. The number of hydrogen-bond donors (Lipinski definition) is 9. The third-order valence-corrected chi connectivity index (χ3v) is 5.57. The van der Waals surface area contributed by atoms with Crippen molar-refractivity contribution in [1.82, 2.24) is 19.9 Å². The van der Waals surface area contributed by atoms with Crippen molar-refractivity contribution < 1.29 is 44.5 Å². The highest BCUT2D eigenvalue weighted by Crippen LogP contribution is 2.28. The van der Waals surface area contributed by atoms with E-state index < -0.39 is 79.1 Å². The topological polar surface area (TPSA) is 261 Å². The zero-order valence-corrected chi connectivity index (χ0v) is 18.3. The van der Waals surface area contributed by atoms with Crippen LogP contribution in [0.15, 0.2) is 34.1 Å². The molecule has 4 rings (SSSR count). The molecule has 196 valence electrons. The highest BCUT2D eigenvalue weighted by molar-refractivity contribution is 5.75. The molecule has 3 unspecified atom stereocenters. The fraction of sp³-hybridized carbons (Fsp3) is 0.526. The number of rotatable bonds is 8. The summed E-state index contributed by atoms with van der Waals surface area (Å²) in [5.41, 5.74) is -1.38. The second-order valence-corrected chi connectivity index (χ2v) is 7.98. The fourth-order valence-electron chi connectivity index (χ4n) is 3.77. The molecule has 9 N–H and O–H groups in total. The van der Waals surface area contributed by atoms with Gasteiger partial charge < -0.3 is 50.4 Å². The van der Waals surface area contributed by atoms with Gasteiger partial charge in [-0.25, -0.2) is 24.4 Å². The minimum atomic E-state index is -2.13. The van der Waals surface area contributed by atoms with Gasteiger partial charge in [0.2, 0.25) is 0 Å². The zero-order chi connectivity index (χ0) is 26.0. The van der Waals surface area contributed by atoms with Crippen LogP contribution < -0.4 is 22.0 Å². The SMILES string of the molecule is O=C(O[C@@H]1C(Nc2ccnc(=O)[nH]2)O[C@H](CO)[C@H]1O)C(O)[C@H]1OC(Nc2ccnc(=O)[nH]2)[C@@H](O)[C@@H]1O. The molecule has 2 saturated heterocycles. The normalized spacial score (nSPS) is 32.7. The van der Waals surface area contributed by atoms with Crippen molar-refractivity contribution in [3.63, 3.8) is 0 Å². The number of ether oxygens (including phenoxy) is 3. The van der Waals surface area contributed by atoms with Crippen molar-refractivity contribution >= 4 is 17.6 Å². The first-order chi connectivity index (χ1) is 17.2. The molecule has 0 aliphatic carbocycles. The average Bonchev–Trinajstić information content (AvgIpc) is 3.29. The van der Waals surface area contributed by atoms with Gasteiger partial charge in [-0.05, 0) is 12.1 Å². The molecule has 2 aromatic rings. The first-order valence-electron chi connectivity index (χ1n) is 10.7. The number of carbonyl (C=O) groups excluding carboxylic acids is 1. The molecule has 4 heterocycles. The summed E-state index contributed by atoms with van der Waals surface area (Å²) in [6.07, 6.45) is -11.5. The number of nitrogens with zero attached hydrogens (tertiary/aromatic N) is 2. The standard InChI is InChI=1S/C19H24N6O11/c26-5-6-9(27)14(16(34-6)23-8-2-4-21-19(33)25-8)36-17(31)12(30)13-10(28)11(29)15(35-13)22-7-1-3-20-18(32)24-7/h1-4,6,9-16,26-30H,5H2,(H2,20,22,24,32)(H2,21,23,25,33)/t6-,9-,10+,11+,12?,13+,14+,15?,16?/m1/s1. The third-order valence-electron chi connectivity index (χ3n) is 5.57. The van der Waals surface area contributed by atoms with E-state index in [4.69, 9.17) is 14.2 Å². The van der Waals surface area contributed by atoms with Crippen molar-refractivity contribution in [2.45, 2.75) is 55.2 Å². The second kappa shape index (κ2) is 10.7. The van der Waals surface area contributed by atoms with Crippen LogP contribution in [0.4, 0.5) is 11.6 Å². The lowest BCUT2D eigenvalue weighted by Crippen LogP contribution is -2.48. The van der Waals surface area contributed by atoms with Crippen LogP contribution in [0.5, 0.6) is 0 Å². The Morgan fingerprint density at radius 1 is 0.972 bits per heavy atom. The van der Waals surface area contributed by atoms with Crippen molar-refractivity contribution in [3.05, 3.63) is 45.5 Å². The molecule has 2 aliphatic heterocycles. The lowest BCUT2D eigenvalue weighted by atomic mass is 10.1. The number of H-pyrrole nitrogens is 2. The van der Waals surface area contributed by atoms with E-state index in [-0.39, 0.29) is 11.6 Å². The van der Waals surface area contributed by atoms with E-state index in [1.807, 2.05) is 0 Å². The Morgan fingerprint density at radius 2 is 1.56 bits per heavy atom. The van der Waals surface area contributed by atoms with Crippen LogP contribution >= 0.6 is 0 Å². The lowest BCUT2D eigenvalue weighted by Gasteiger charge is -2.25. The van der Waals surface area contributed by atoms with Gasteiger partial charge in [-0.15, -0.1) is 0 Å². The van der Waals surface area contributed by atoms with E-state index in [1.54, 1.807) is 0 Å². The molecule has 9 atom stereocenters. The van der Waals surface area contributed by atoms with Gasteiger partial charge in [0, 0.05) is 12.4 Å². The van der Waals surface area contributed by atoms with E-state index >= 15 is 0 Å². The smallest absolute Gasteiger partial charge is 0.346 e. The van der Waals surface area contributed by atoms with E-state index in [2.05, 4.69) is 30.6 Å². The predicted octanol–water partition coefficient (Wildman–Crippen LogP) is -4.83. The maximum absolute atomic E-state index is 12.7. The molecular formula is C19H24N6O11. The van der Waals surface area contributed by atoms with Gasteiger partial charge in [0.15, 0.2) is 24.7 Å². The third kappa shape index (κ3) is 5.36. The first-order valence-corrected chi connectivity index (χ1v) is 10.7. The van der Waals surface area contributed by atoms with Gasteiger partial charge in [-0.2, -0.15) is 0 Å². The average molecular weight is 512 g/mol. The summed E-state index contributed by atoms with van der Waals surface area (Å²) < 4.78 is 16.0. The molecule has 2 fully saturated rings. The van der Waals surface area contributed by atoms with Gasteiger partial charge in [0.1, 0.15) is 42.2 Å². The van der Waals surface area contributed by atoms with Gasteiger partial charge in [-0.3, -0.25) is 9.97 Å². The molecule has 2 aromatic heterocycles. The van der Waals surface area contributed by atoms with Crippen LogP contribution in [0, 0.1) is 0 Å². The summed E-state index contributed by atoms with van der Waals surface area (Å²) in [7, 11) is 0. The van der Waals surface area contributed by atoms with Crippen molar-refractivity contribution in [2.24, 2.45) is 0 Å². The van der Waals surface area contributed by atoms with Crippen LogP contribution in [-0.2, 0) is 19.0 Å². The quantitative estimate of drug-likeness (QED) is 0.150. The molecule has 17 nitrogen and oxygen atoms in total. The number of aromatic amines is 2. The number of anilines is 2. The Labute approximate surface area is 200 Å².